The molecule has 1 heterocycles. The van der Waals surface area contributed by atoms with Crippen LogP contribution >= 0.6 is 0 Å². The third-order valence-corrected chi connectivity index (χ3v) is 8.64. The average Bonchev–Trinajstić information content (AvgIpc) is 3.67. The van der Waals surface area contributed by atoms with Crippen LogP contribution in [0.5, 0.6) is 0 Å². The highest BCUT2D eigenvalue weighted by molar-refractivity contribution is 5.98. The molecular weight excluding hydrogens is 764 g/mol. The molecule has 22 heteroatoms. The number of amides is 7. The Morgan fingerprint density at radius 2 is 1.17 bits per heavy atom. The van der Waals surface area contributed by atoms with Gasteiger partial charge in [-0.15, -0.1) is 0 Å². The fraction of sp³-hybridized carbons (Fsp3) is 0.500. The Hall–Kier alpha value is -6.42. The SMILES string of the molecule is CC(C)[C@H](N)C(=O)N[C@H](C(=O)N[C@@H](CO)C(=O)N[C@@H](Cc1cnc[nH]1)C(=O)N[C@@H](Cc1ccccc1)C(=O)N[C@@H](CC(N)=O)C(=O)N[C@@H](CC(=O)O)C(=O)O)C(C)C. The van der Waals surface area contributed by atoms with Crippen molar-refractivity contribution in [3.05, 3.63) is 54.1 Å². The van der Waals surface area contributed by atoms with Gasteiger partial charge in [-0.3, -0.25) is 38.4 Å². The number of aliphatic hydroxyl groups is 1. The molecule has 0 unspecified atom stereocenters. The number of rotatable bonds is 24. The molecule has 0 bridgehead atoms. The predicted octanol–water partition coefficient (Wildman–Crippen LogP) is -3.83. The maximum atomic E-state index is 14.0. The number of aromatic nitrogens is 2. The van der Waals surface area contributed by atoms with Crippen molar-refractivity contribution in [2.45, 2.75) is 95.7 Å². The number of aromatic amines is 1. The number of H-pyrrole nitrogens is 1. The van der Waals surface area contributed by atoms with Gasteiger partial charge in [0.05, 0.1) is 31.8 Å². The van der Waals surface area contributed by atoms with Gasteiger partial charge in [0.1, 0.15) is 36.3 Å². The van der Waals surface area contributed by atoms with Crippen molar-refractivity contribution >= 4 is 53.3 Å². The van der Waals surface area contributed by atoms with E-state index >= 15 is 0 Å². The first-order valence-electron chi connectivity index (χ1n) is 18.2. The first kappa shape index (κ1) is 47.7. The minimum Gasteiger partial charge on any atom is -0.481 e. The van der Waals surface area contributed by atoms with E-state index in [1.807, 2.05) is 5.32 Å². The molecule has 7 atom stereocenters. The van der Waals surface area contributed by atoms with Crippen molar-refractivity contribution in [1.82, 2.24) is 41.9 Å². The number of carboxylic acid groups (broad SMARTS) is 2. The van der Waals surface area contributed by atoms with E-state index in [4.69, 9.17) is 16.6 Å². The number of nitrogens with two attached hydrogens (primary N) is 2. The number of aliphatic carboxylic acids is 2. The fourth-order valence-corrected chi connectivity index (χ4v) is 5.30. The summed E-state index contributed by atoms with van der Waals surface area (Å²) in [5, 5.41) is 42.7. The number of carboxylic acids is 2. The van der Waals surface area contributed by atoms with Crippen molar-refractivity contribution in [3.63, 3.8) is 0 Å². The molecule has 0 spiro atoms. The number of hydrogen-bond donors (Lipinski definition) is 12. The number of primary amides is 1. The van der Waals surface area contributed by atoms with E-state index in [1.165, 1.54) is 12.5 Å². The predicted molar refractivity (Wildman–Crippen MR) is 202 cm³/mol. The molecule has 1 aromatic carbocycles. The van der Waals surface area contributed by atoms with Crippen LogP contribution in [0.25, 0.3) is 0 Å². The molecule has 0 aliphatic carbocycles. The zero-order chi connectivity index (χ0) is 43.7. The number of nitrogens with one attached hydrogen (secondary N) is 7. The molecule has 0 radical (unpaired) electrons. The van der Waals surface area contributed by atoms with Crippen LogP contribution in [-0.4, -0.2) is 127 Å². The first-order chi connectivity index (χ1) is 27.2. The molecule has 0 saturated heterocycles. The lowest BCUT2D eigenvalue weighted by Crippen LogP contribution is -2.61. The van der Waals surface area contributed by atoms with Gasteiger partial charge in [0.15, 0.2) is 0 Å². The number of hydrogen-bond acceptors (Lipinski definition) is 12. The molecule has 0 saturated carbocycles. The van der Waals surface area contributed by atoms with Gasteiger partial charge < -0.3 is 63.7 Å². The summed E-state index contributed by atoms with van der Waals surface area (Å²) in [4.78, 5) is 122. The Kier molecular flexibility index (Phi) is 18.9. The summed E-state index contributed by atoms with van der Waals surface area (Å²) in [6.45, 7) is 5.79. The molecule has 1 aromatic heterocycles. The molecule has 0 fully saturated rings. The second-order valence-corrected chi connectivity index (χ2v) is 14.1. The van der Waals surface area contributed by atoms with Gasteiger partial charge in [0, 0.05) is 24.7 Å². The Morgan fingerprint density at radius 3 is 1.66 bits per heavy atom. The van der Waals surface area contributed by atoms with Crippen LogP contribution in [0.1, 0.15) is 51.8 Å². The Balaban J connectivity index is 2.40. The molecule has 58 heavy (non-hydrogen) atoms. The highest BCUT2D eigenvalue weighted by atomic mass is 16.4. The number of carbonyl (C=O) groups is 9. The molecule has 14 N–H and O–H groups in total. The maximum Gasteiger partial charge on any atom is 0.326 e. The van der Waals surface area contributed by atoms with Gasteiger partial charge in [-0.1, -0.05) is 58.0 Å². The van der Waals surface area contributed by atoms with Crippen LogP contribution in [0.4, 0.5) is 0 Å². The molecule has 7 amide bonds. The van der Waals surface area contributed by atoms with Crippen molar-refractivity contribution in [3.8, 4) is 0 Å². The Morgan fingerprint density at radius 1 is 0.655 bits per heavy atom. The topological polar surface area (TPSA) is 367 Å². The lowest BCUT2D eigenvalue weighted by atomic mass is 10.00. The van der Waals surface area contributed by atoms with E-state index in [1.54, 1.807) is 58.0 Å². The largest absolute Gasteiger partial charge is 0.481 e. The monoisotopic (exact) mass is 816 g/mol. The minimum atomic E-state index is -1.94. The van der Waals surface area contributed by atoms with E-state index in [0.29, 0.717) is 11.3 Å². The van der Waals surface area contributed by atoms with Crippen LogP contribution in [0.3, 0.4) is 0 Å². The normalized spacial score (nSPS) is 14.7. The smallest absolute Gasteiger partial charge is 0.326 e. The van der Waals surface area contributed by atoms with Gasteiger partial charge in [-0.2, -0.15) is 0 Å². The Labute approximate surface area is 333 Å². The number of carbonyl (C=O) groups excluding carboxylic acids is 7. The average molecular weight is 817 g/mol. The maximum absolute atomic E-state index is 14.0. The van der Waals surface area contributed by atoms with E-state index in [9.17, 15) is 53.4 Å². The Bertz CT molecular complexity index is 1760. The van der Waals surface area contributed by atoms with Crippen molar-refractivity contribution in [2.24, 2.45) is 23.3 Å². The van der Waals surface area contributed by atoms with Gasteiger partial charge in [-0.05, 0) is 17.4 Å². The second kappa shape index (κ2) is 23.0. The second-order valence-electron chi connectivity index (χ2n) is 14.1. The summed E-state index contributed by atoms with van der Waals surface area (Å²) in [6, 6.07) is -2.31. The van der Waals surface area contributed by atoms with Crippen LogP contribution in [-0.2, 0) is 56.0 Å². The van der Waals surface area contributed by atoms with Gasteiger partial charge in [0.25, 0.3) is 0 Å². The number of nitrogens with zero attached hydrogens (tertiary/aromatic N) is 1. The zero-order valence-corrected chi connectivity index (χ0v) is 32.4. The van der Waals surface area contributed by atoms with Crippen LogP contribution in [0.15, 0.2) is 42.9 Å². The molecule has 0 aliphatic rings. The minimum absolute atomic E-state index is 0.219. The van der Waals surface area contributed by atoms with Gasteiger partial charge in [0.2, 0.25) is 41.4 Å². The third-order valence-electron chi connectivity index (χ3n) is 8.64. The highest BCUT2D eigenvalue weighted by Gasteiger charge is 2.35. The summed E-state index contributed by atoms with van der Waals surface area (Å²) in [6.07, 6.45) is 0.302. The summed E-state index contributed by atoms with van der Waals surface area (Å²) in [7, 11) is 0. The van der Waals surface area contributed by atoms with E-state index in [2.05, 4.69) is 36.6 Å². The molecular formula is C36H52N10O12. The summed E-state index contributed by atoms with van der Waals surface area (Å²) < 4.78 is 0. The number of aliphatic hydroxyl groups excluding tert-OH is 1. The van der Waals surface area contributed by atoms with Crippen LogP contribution in [0, 0.1) is 11.8 Å². The molecule has 0 aliphatic heterocycles. The van der Waals surface area contributed by atoms with Gasteiger partial charge in [-0.25, -0.2) is 9.78 Å². The van der Waals surface area contributed by atoms with E-state index in [-0.39, 0.29) is 18.8 Å². The van der Waals surface area contributed by atoms with E-state index in [0.717, 1.165) is 0 Å². The third kappa shape index (κ3) is 15.6. The number of imidazole rings is 1. The fourth-order valence-electron chi connectivity index (χ4n) is 5.30. The molecule has 2 aromatic rings. The van der Waals surface area contributed by atoms with Crippen LogP contribution < -0.4 is 43.4 Å². The first-order valence-corrected chi connectivity index (χ1v) is 18.2. The van der Waals surface area contributed by atoms with Crippen molar-refractivity contribution < 1.29 is 58.5 Å². The zero-order valence-electron chi connectivity index (χ0n) is 32.4. The molecule has 318 valence electrons. The standard InChI is InChI=1S/C36H52N10O12/c1-17(2)28(38)34(55)46-29(18(3)4)35(56)45-25(15-47)33(54)42-22(11-20-14-39-16-40-20)31(52)41-21(10-19-8-6-5-7-9-19)30(51)43-23(12-26(37)48)32(53)44-24(36(57)58)13-27(49)50/h5-9,14,16-18,21-25,28-29,47H,10-13,15,38H2,1-4H3,(H2,37,48)(H,39,40)(H,41,52)(H,42,54)(H,43,51)(H,44,53)(H,45,56)(H,46,55)(H,49,50)(H,57,58)/t21-,22-,23-,24-,25-,28-,29-/m0/s1. The lowest BCUT2D eigenvalue weighted by Gasteiger charge is -2.28. The van der Waals surface area contributed by atoms with Crippen LogP contribution in [0.2, 0.25) is 0 Å². The summed E-state index contributed by atoms with van der Waals surface area (Å²) in [5.74, 6) is -10.8. The summed E-state index contributed by atoms with van der Waals surface area (Å²) in [5.41, 5.74) is 12.1. The quantitative estimate of drug-likeness (QED) is 0.0483. The van der Waals surface area contributed by atoms with Crippen molar-refractivity contribution in [2.75, 3.05) is 6.61 Å². The molecule has 2 rings (SSSR count). The lowest BCUT2D eigenvalue weighted by molar-refractivity contribution is -0.147. The molecule has 22 nitrogen and oxygen atoms in total. The van der Waals surface area contributed by atoms with Gasteiger partial charge >= 0.3 is 11.9 Å². The van der Waals surface area contributed by atoms with E-state index < -0.39 is 121 Å². The summed E-state index contributed by atoms with van der Waals surface area (Å²) >= 11 is 0. The highest BCUT2D eigenvalue weighted by Crippen LogP contribution is 2.09. The van der Waals surface area contributed by atoms with Crippen molar-refractivity contribution in [1.29, 1.82) is 0 Å². The number of benzene rings is 1.